The summed E-state index contributed by atoms with van der Waals surface area (Å²) in [6.45, 7) is 8.37. The average molecular weight is 326 g/mol. The van der Waals surface area contributed by atoms with Crippen LogP contribution >= 0.6 is 0 Å². The zero-order valence-corrected chi connectivity index (χ0v) is 14.6. The summed E-state index contributed by atoms with van der Waals surface area (Å²) < 4.78 is 0. The molecule has 0 atom stereocenters. The summed E-state index contributed by atoms with van der Waals surface area (Å²) >= 11 is 0. The van der Waals surface area contributed by atoms with Crippen LogP contribution in [0.5, 0.6) is 0 Å². The highest BCUT2D eigenvalue weighted by Gasteiger charge is 2.10. The second-order valence-corrected chi connectivity index (χ2v) is 6.17. The number of hydrogen-bond acceptors (Lipinski definition) is 3. The minimum absolute atomic E-state index is 0.0395. The topological polar surface area (TPSA) is 52.6 Å². The quantitative estimate of drug-likeness (QED) is 0.816. The summed E-state index contributed by atoms with van der Waals surface area (Å²) in [7, 11) is 0. The SMILES string of the molecule is CCN(Cc1ccc(C(=O)Nc2cccc(CO)c2)cc1)C(C)C. The lowest BCUT2D eigenvalue weighted by Gasteiger charge is -2.24. The van der Waals surface area contributed by atoms with Gasteiger partial charge in [0.15, 0.2) is 0 Å². The Balaban J connectivity index is 2.02. The summed E-state index contributed by atoms with van der Waals surface area (Å²) in [4.78, 5) is 14.7. The van der Waals surface area contributed by atoms with Crippen LogP contribution in [0.2, 0.25) is 0 Å². The largest absolute Gasteiger partial charge is 0.392 e. The lowest BCUT2D eigenvalue weighted by Crippen LogP contribution is -2.29. The van der Waals surface area contributed by atoms with Gasteiger partial charge in [0, 0.05) is 23.8 Å². The van der Waals surface area contributed by atoms with Crippen LogP contribution in [0.3, 0.4) is 0 Å². The van der Waals surface area contributed by atoms with E-state index in [1.807, 2.05) is 42.5 Å². The highest BCUT2D eigenvalue weighted by atomic mass is 16.3. The van der Waals surface area contributed by atoms with Crippen LogP contribution in [-0.4, -0.2) is 28.5 Å². The van der Waals surface area contributed by atoms with Crippen molar-refractivity contribution >= 4 is 11.6 Å². The minimum Gasteiger partial charge on any atom is -0.392 e. The molecular formula is C20H26N2O2. The number of carbonyl (C=O) groups excluding carboxylic acids is 1. The Morgan fingerprint density at radius 3 is 2.42 bits per heavy atom. The van der Waals surface area contributed by atoms with Gasteiger partial charge in [-0.3, -0.25) is 9.69 Å². The molecule has 2 rings (SSSR count). The van der Waals surface area contributed by atoms with Gasteiger partial charge in [0.1, 0.15) is 0 Å². The number of nitrogens with zero attached hydrogens (tertiary/aromatic N) is 1. The molecule has 0 aliphatic carbocycles. The summed E-state index contributed by atoms with van der Waals surface area (Å²) in [6, 6.07) is 15.4. The Bertz CT molecular complexity index is 666. The fourth-order valence-corrected chi connectivity index (χ4v) is 2.61. The smallest absolute Gasteiger partial charge is 0.255 e. The van der Waals surface area contributed by atoms with Crippen molar-refractivity contribution in [2.45, 2.75) is 40.0 Å². The molecule has 4 heteroatoms. The van der Waals surface area contributed by atoms with E-state index < -0.39 is 0 Å². The van der Waals surface area contributed by atoms with E-state index >= 15 is 0 Å². The Morgan fingerprint density at radius 2 is 1.83 bits per heavy atom. The van der Waals surface area contributed by atoms with Crippen LogP contribution in [0.4, 0.5) is 5.69 Å². The predicted octanol–water partition coefficient (Wildman–Crippen LogP) is 3.66. The molecule has 24 heavy (non-hydrogen) atoms. The van der Waals surface area contributed by atoms with E-state index in [0.717, 1.165) is 18.7 Å². The standard InChI is InChI=1S/C20H26N2O2/c1-4-22(15(2)3)13-16-8-10-18(11-9-16)20(24)21-19-7-5-6-17(12-19)14-23/h5-12,15,23H,4,13-14H2,1-3H3,(H,21,24). The molecular weight excluding hydrogens is 300 g/mol. The van der Waals surface area contributed by atoms with Crippen LogP contribution in [-0.2, 0) is 13.2 Å². The summed E-state index contributed by atoms with van der Waals surface area (Å²) in [5.41, 5.74) is 3.29. The molecule has 0 saturated carbocycles. The van der Waals surface area contributed by atoms with Crippen LogP contribution in [0.1, 0.15) is 42.3 Å². The molecule has 2 aromatic rings. The van der Waals surface area contributed by atoms with Crippen molar-refractivity contribution in [3.63, 3.8) is 0 Å². The van der Waals surface area contributed by atoms with E-state index in [-0.39, 0.29) is 12.5 Å². The normalized spacial score (nSPS) is 11.1. The lowest BCUT2D eigenvalue weighted by atomic mass is 10.1. The Labute approximate surface area is 144 Å². The predicted molar refractivity (Wildman–Crippen MR) is 98.0 cm³/mol. The van der Waals surface area contributed by atoms with E-state index in [4.69, 9.17) is 5.11 Å². The Morgan fingerprint density at radius 1 is 1.12 bits per heavy atom. The van der Waals surface area contributed by atoms with Gasteiger partial charge >= 0.3 is 0 Å². The molecule has 0 radical (unpaired) electrons. The number of benzene rings is 2. The van der Waals surface area contributed by atoms with Crippen LogP contribution < -0.4 is 5.32 Å². The molecule has 4 nitrogen and oxygen atoms in total. The fourth-order valence-electron chi connectivity index (χ4n) is 2.61. The summed E-state index contributed by atoms with van der Waals surface area (Å²) in [5.74, 6) is -0.146. The van der Waals surface area contributed by atoms with Crippen molar-refractivity contribution in [3.05, 3.63) is 65.2 Å². The van der Waals surface area contributed by atoms with Gasteiger partial charge in [-0.05, 0) is 55.8 Å². The van der Waals surface area contributed by atoms with Crippen LogP contribution in [0.15, 0.2) is 48.5 Å². The molecule has 0 aliphatic heterocycles. The van der Waals surface area contributed by atoms with Crippen molar-refractivity contribution in [2.24, 2.45) is 0 Å². The van der Waals surface area contributed by atoms with Crippen LogP contribution in [0, 0.1) is 0 Å². The monoisotopic (exact) mass is 326 g/mol. The molecule has 2 N–H and O–H groups in total. The number of nitrogens with one attached hydrogen (secondary N) is 1. The Hall–Kier alpha value is -2.17. The third-order valence-corrected chi connectivity index (χ3v) is 4.11. The molecule has 0 aromatic heterocycles. The first-order valence-corrected chi connectivity index (χ1v) is 8.37. The number of amides is 1. The number of anilines is 1. The zero-order valence-electron chi connectivity index (χ0n) is 14.6. The second-order valence-electron chi connectivity index (χ2n) is 6.17. The zero-order chi connectivity index (χ0) is 17.5. The number of aliphatic hydroxyl groups is 1. The van der Waals surface area contributed by atoms with Crippen molar-refractivity contribution < 1.29 is 9.90 Å². The fraction of sp³-hybridized carbons (Fsp3) is 0.350. The van der Waals surface area contributed by atoms with Gasteiger partial charge in [0.2, 0.25) is 0 Å². The van der Waals surface area contributed by atoms with E-state index in [1.165, 1.54) is 5.56 Å². The molecule has 0 bridgehead atoms. The van der Waals surface area contributed by atoms with Crippen LogP contribution in [0.25, 0.3) is 0 Å². The van der Waals surface area contributed by atoms with Crippen molar-refractivity contribution in [1.82, 2.24) is 4.90 Å². The first-order valence-electron chi connectivity index (χ1n) is 8.37. The van der Waals surface area contributed by atoms with Crippen molar-refractivity contribution in [3.8, 4) is 0 Å². The molecule has 0 heterocycles. The summed E-state index contributed by atoms with van der Waals surface area (Å²) in [6.07, 6.45) is 0. The highest BCUT2D eigenvalue weighted by Crippen LogP contribution is 2.14. The van der Waals surface area contributed by atoms with Gasteiger partial charge < -0.3 is 10.4 Å². The number of rotatable bonds is 7. The van der Waals surface area contributed by atoms with Crippen molar-refractivity contribution in [1.29, 1.82) is 0 Å². The van der Waals surface area contributed by atoms with Gasteiger partial charge in [-0.1, -0.05) is 31.2 Å². The third-order valence-electron chi connectivity index (χ3n) is 4.11. The molecule has 0 aliphatic rings. The minimum atomic E-state index is -0.146. The summed E-state index contributed by atoms with van der Waals surface area (Å²) in [5, 5.41) is 12.0. The Kier molecular flexibility index (Phi) is 6.53. The van der Waals surface area contributed by atoms with E-state index in [9.17, 15) is 4.79 Å². The van der Waals surface area contributed by atoms with E-state index in [1.54, 1.807) is 6.07 Å². The molecule has 2 aromatic carbocycles. The van der Waals surface area contributed by atoms with Gasteiger partial charge in [0.05, 0.1) is 6.61 Å². The van der Waals surface area contributed by atoms with Gasteiger partial charge in [-0.15, -0.1) is 0 Å². The molecule has 0 saturated heterocycles. The second kappa shape index (κ2) is 8.62. The number of hydrogen-bond donors (Lipinski definition) is 2. The first kappa shape index (κ1) is 18.2. The maximum Gasteiger partial charge on any atom is 0.255 e. The average Bonchev–Trinajstić information content (AvgIpc) is 2.60. The molecule has 0 unspecified atom stereocenters. The van der Waals surface area contributed by atoms with Crippen molar-refractivity contribution in [2.75, 3.05) is 11.9 Å². The number of carbonyl (C=O) groups is 1. The lowest BCUT2D eigenvalue weighted by molar-refractivity contribution is 0.102. The molecule has 128 valence electrons. The molecule has 0 fully saturated rings. The maximum atomic E-state index is 12.3. The van der Waals surface area contributed by atoms with Gasteiger partial charge in [0.25, 0.3) is 5.91 Å². The van der Waals surface area contributed by atoms with Gasteiger partial charge in [-0.25, -0.2) is 0 Å². The van der Waals surface area contributed by atoms with E-state index in [0.29, 0.717) is 17.3 Å². The number of aliphatic hydroxyl groups excluding tert-OH is 1. The first-order chi connectivity index (χ1) is 11.5. The highest BCUT2D eigenvalue weighted by molar-refractivity contribution is 6.04. The third kappa shape index (κ3) is 4.91. The van der Waals surface area contributed by atoms with Gasteiger partial charge in [-0.2, -0.15) is 0 Å². The maximum absolute atomic E-state index is 12.3. The molecule has 1 amide bonds. The molecule has 0 spiro atoms. The van der Waals surface area contributed by atoms with E-state index in [2.05, 4.69) is 31.0 Å².